The van der Waals surface area contributed by atoms with Crippen molar-refractivity contribution in [3.8, 4) is 0 Å². The molecule has 1 aliphatic carbocycles. The van der Waals surface area contributed by atoms with E-state index in [0.29, 0.717) is 0 Å². The van der Waals surface area contributed by atoms with E-state index in [-0.39, 0.29) is 0 Å². The minimum Gasteiger partial charge on any atom is -0.272 e. The first-order chi connectivity index (χ1) is 6.24. The van der Waals surface area contributed by atoms with Crippen LogP contribution in [0.5, 0.6) is 0 Å². The molecule has 0 aromatic carbocycles. The summed E-state index contributed by atoms with van der Waals surface area (Å²) in [4.78, 5) is 3.70. The smallest absolute Gasteiger partial charge is 0.0266 e. The van der Waals surface area contributed by atoms with Crippen LogP contribution in [0.25, 0.3) is 0 Å². The molecule has 13 heavy (non-hydrogen) atoms. The van der Waals surface area contributed by atoms with Crippen molar-refractivity contribution in [1.29, 1.82) is 0 Å². The Morgan fingerprint density at radius 3 is 2.92 bits per heavy atom. The number of hydrogen-bond donors (Lipinski definition) is 0. The van der Waals surface area contributed by atoms with Gasteiger partial charge < -0.3 is 0 Å². The molecular weight excluding hydrogens is 158 g/mol. The zero-order valence-electron chi connectivity index (χ0n) is 8.25. The normalized spacial score (nSPS) is 17.5. The third-order valence-corrected chi connectivity index (χ3v) is 2.02. The Hall–Kier alpha value is -1.37. The number of nitrogens with zero attached hydrogens (tertiary/aromatic N) is 1. The van der Waals surface area contributed by atoms with Crippen molar-refractivity contribution in [3.63, 3.8) is 0 Å². The van der Waals surface area contributed by atoms with Gasteiger partial charge >= 0.3 is 0 Å². The lowest BCUT2D eigenvalue weighted by atomic mass is 10.1. The van der Waals surface area contributed by atoms with E-state index in [1.54, 1.807) is 6.20 Å². The first kappa shape index (κ1) is 9.72. The molecule has 0 aromatic heterocycles. The standard InChI is InChI=1S/C12H15N/c1-10-5-4-6-11(2)12(9-10)7-8-13-3/h4,6-9H,3,5H2,1-2H3/b8-7-. The number of rotatable bonds is 2. The van der Waals surface area contributed by atoms with E-state index in [1.807, 2.05) is 6.08 Å². The highest BCUT2D eigenvalue weighted by Gasteiger charge is 1.98. The molecule has 0 spiro atoms. The second-order valence-corrected chi connectivity index (χ2v) is 3.23. The molecule has 0 atom stereocenters. The van der Waals surface area contributed by atoms with Gasteiger partial charge in [0.15, 0.2) is 0 Å². The van der Waals surface area contributed by atoms with E-state index >= 15 is 0 Å². The lowest BCUT2D eigenvalue weighted by Gasteiger charge is -1.97. The van der Waals surface area contributed by atoms with E-state index in [0.717, 1.165) is 6.42 Å². The molecule has 0 heterocycles. The van der Waals surface area contributed by atoms with Crippen LogP contribution in [-0.4, -0.2) is 6.72 Å². The van der Waals surface area contributed by atoms with Crippen molar-refractivity contribution >= 4 is 6.72 Å². The molecule has 0 radical (unpaired) electrons. The second-order valence-electron chi connectivity index (χ2n) is 3.23. The predicted molar refractivity (Wildman–Crippen MR) is 58.9 cm³/mol. The second kappa shape index (κ2) is 4.61. The Balaban J connectivity index is 3.00. The molecule has 1 heteroatoms. The molecule has 0 amide bonds. The van der Waals surface area contributed by atoms with Crippen LogP contribution in [0.4, 0.5) is 0 Å². The van der Waals surface area contributed by atoms with Crippen molar-refractivity contribution < 1.29 is 0 Å². The maximum atomic E-state index is 3.70. The fourth-order valence-corrected chi connectivity index (χ4v) is 1.27. The monoisotopic (exact) mass is 173 g/mol. The Morgan fingerprint density at radius 2 is 2.23 bits per heavy atom. The zero-order chi connectivity index (χ0) is 9.68. The summed E-state index contributed by atoms with van der Waals surface area (Å²) in [5, 5.41) is 0. The number of allylic oxidation sites excluding steroid dienone is 7. The summed E-state index contributed by atoms with van der Waals surface area (Å²) in [5.41, 5.74) is 3.87. The van der Waals surface area contributed by atoms with Crippen LogP contribution in [0.2, 0.25) is 0 Å². The zero-order valence-corrected chi connectivity index (χ0v) is 8.25. The van der Waals surface area contributed by atoms with Crippen LogP contribution < -0.4 is 0 Å². The number of aliphatic imine (C=N–C) groups is 1. The third kappa shape index (κ3) is 2.86. The predicted octanol–water partition coefficient (Wildman–Crippen LogP) is 3.42. The van der Waals surface area contributed by atoms with Crippen LogP contribution in [0.1, 0.15) is 20.3 Å². The lowest BCUT2D eigenvalue weighted by Crippen LogP contribution is -1.78. The molecule has 0 N–H and O–H groups in total. The fraction of sp³-hybridized carbons (Fsp3) is 0.250. The highest BCUT2D eigenvalue weighted by molar-refractivity contribution is 5.44. The van der Waals surface area contributed by atoms with Gasteiger partial charge in [0.25, 0.3) is 0 Å². The largest absolute Gasteiger partial charge is 0.272 e. The SMILES string of the molecule is C=N/C=C\C1=C(C)C=CCC(C)=C1. The molecule has 0 fully saturated rings. The molecule has 1 aliphatic rings. The van der Waals surface area contributed by atoms with Crippen molar-refractivity contribution in [2.24, 2.45) is 4.99 Å². The summed E-state index contributed by atoms with van der Waals surface area (Å²) in [6.07, 6.45) is 11.3. The minimum atomic E-state index is 1.04. The topological polar surface area (TPSA) is 12.4 Å². The summed E-state index contributed by atoms with van der Waals surface area (Å²) in [6.45, 7) is 7.66. The molecule has 0 saturated heterocycles. The summed E-state index contributed by atoms with van der Waals surface area (Å²) >= 11 is 0. The average molecular weight is 173 g/mol. The van der Waals surface area contributed by atoms with Crippen molar-refractivity contribution in [2.75, 3.05) is 0 Å². The van der Waals surface area contributed by atoms with Crippen LogP contribution >= 0.6 is 0 Å². The van der Waals surface area contributed by atoms with Gasteiger partial charge in [-0.25, -0.2) is 0 Å². The van der Waals surface area contributed by atoms with E-state index in [9.17, 15) is 0 Å². The number of hydrogen-bond acceptors (Lipinski definition) is 1. The Morgan fingerprint density at radius 1 is 1.46 bits per heavy atom. The summed E-state index contributed by atoms with van der Waals surface area (Å²) in [5.74, 6) is 0. The molecule has 0 aliphatic heterocycles. The molecule has 0 saturated carbocycles. The van der Waals surface area contributed by atoms with Gasteiger partial charge in [-0.3, -0.25) is 4.99 Å². The van der Waals surface area contributed by atoms with Gasteiger partial charge in [0.1, 0.15) is 0 Å². The van der Waals surface area contributed by atoms with Crippen LogP contribution in [0, 0.1) is 0 Å². The average Bonchev–Trinajstić information content (AvgIpc) is 2.25. The highest BCUT2D eigenvalue weighted by Crippen LogP contribution is 2.17. The van der Waals surface area contributed by atoms with Crippen LogP contribution in [0.3, 0.4) is 0 Å². The molecule has 0 bridgehead atoms. The summed E-state index contributed by atoms with van der Waals surface area (Å²) in [7, 11) is 0. The molecule has 0 aromatic rings. The van der Waals surface area contributed by atoms with Gasteiger partial charge in [-0.05, 0) is 44.2 Å². The van der Waals surface area contributed by atoms with E-state index < -0.39 is 0 Å². The maximum absolute atomic E-state index is 3.70. The molecule has 0 unspecified atom stereocenters. The maximum Gasteiger partial charge on any atom is 0.0266 e. The summed E-state index contributed by atoms with van der Waals surface area (Å²) in [6, 6.07) is 0. The Bertz CT molecular complexity index is 314. The van der Waals surface area contributed by atoms with E-state index in [1.165, 1.54) is 16.7 Å². The van der Waals surface area contributed by atoms with Gasteiger partial charge in [0.05, 0.1) is 0 Å². The van der Waals surface area contributed by atoms with Crippen LogP contribution in [0.15, 0.2) is 52.2 Å². The van der Waals surface area contributed by atoms with E-state index in [4.69, 9.17) is 0 Å². The summed E-state index contributed by atoms with van der Waals surface area (Å²) < 4.78 is 0. The van der Waals surface area contributed by atoms with Crippen LogP contribution in [-0.2, 0) is 0 Å². The Kier molecular flexibility index (Phi) is 3.44. The van der Waals surface area contributed by atoms with E-state index in [2.05, 4.69) is 43.8 Å². The minimum absolute atomic E-state index is 1.04. The lowest BCUT2D eigenvalue weighted by molar-refractivity contribution is 1.21. The molecule has 1 nitrogen and oxygen atoms in total. The van der Waals surface area contributed by atoms with Gasteiger partial charge in [-0.15, -0.1) is 0 Å². The fourth-order valence-electron chi connectivity index (χ4n) is 1.27. The van der Waals surface area contributed by atoms with Gasteiger partial charge in [0, 0.05) is 6.20 Å². The van der Waals surface area contributed by atoms with Gasteiger partial charge in [-0.2, -0.15) is 0 Å². The highest BCUT2D eigenvalue weighted by atomic mass is 14.6. The van der Waals surface area contributed by atoms with Crippen molar-refractivity contribution in [3.05, 3.63) is 47.2 Å². The Labute approximate surface area is 79.9 Å². The van der Waals surface area contributed by atoms with Gasteiger partial charge in [-0.1, -0.05) is 23.8 Å². The van der Waals surface area contributed by atoms with Crippen molar-refractivity contribution in [1.82, 2.24) is 0 Å². The molecule has 68 valence electrons. The first-order valence-corrected chi connectivity index (χ1v) is 4.41. The van der Waals surface area contributed by atoms with Crippen molar-refractivity contribution in [2.45, 2.75) is 20.3 Å². The quantitative estimate of drug-likeness (QED) is 0.567. The first-order valence-electron chi connectivity index (χ1n) is 4.41. The molecule has 1 rings (SSSR count). The van der Waals surface area contributed by atoms with Gasteiger partial charge in [0.2, 0.25) is 0 Å². The molecular formula is C12H15N. The third-order valence-electron chi connectivity index (χ3n) is 2.02.